The van der Waals surface area contributed by atoms with Crippen molar-refractivity contribution in [1.29, 1.82) is 0 Å². The fourth-order valence-electron chi connectivity index (χ4n) is 2.70. The molecule has 5 nitrogen and oxygen atoms in total. The minimum absolute atomic E-state index is 0.128. The van der Waals surface area contributed by atoms with Crippen LogP contribution in [-0.4, -0.2) is 30.3 Å². The zero-order valence-electron chi connectivity index (χ0n) is 11.4. The molecule has 2 heterocycles. The van der Waals surface area contributed by atoms with Crippen molar-refractivity contribution in [3.63, 3.8) is 0 Å². The minimum Gasteiger partial charge on any atom is -0.363 e. The maximum Gasteiger partial charge on any atom is 0.244 e. The van der Waals surface area contributed by atoms with E-state index >= 15 is 0 Å². The Morgan fingerprint density at radius 1 is 1.42 bits per heavy atom. The summed E-state index contributed by atoms with van der Waals surface area (Å²) in [5.41, 5.74) is 6.28. The third-order valence-electron chi connectivity index (χ3n) is 3.84. The summed E-state index contributed by atoms with van der Waals surface area (Å²) >= 11 is 0. The van der Waals surface area contributed by atoms with E-state index in [1.807, 2.05) is 0 Å². The zero-order chi connectivity index (χ0) is 13.9. The highest BCUT2D eigenvalue weighted by molar-refractivity contribution is 7.89. The zero-order valence-corrected chi connectivity index (χ0v) is 12.2. The summed E-state index contributed by atoms with van der Waals surface area (Å²) in [5.74, 6) is 0. The van der Waals surface area contributed by atoms with Crippen LogP contribution in [0.2, 0.25) is 0 Å². The third kappa shape index (κ3) is 3.01. The number of nitrogens with one attached hydrogen (secondary N) is 1. The van der Waals surface area contributed by atoms with E-state index in [0.717, 1.165) is 37.8 Å². The Kier molecular flexibility index (Phi) is 4.65. The van der Waals surface area contributed by atoms with Gasteiger partial charge in [0.25, 0.3) is 0 Å². The van der Waals surface area contributed by atoms with Crippen LogP contribution in [0.5, 0.6) is 0 Å². The number of hydrogen-bond acceptors (Lipinski definition) is 3. The monoisotopic (exact) mass is 285 g/mol. The van der Waals surface area contributed by atoms with Crippen LogP contribution in [0.3, 0.4) is 0 Å². The summed E-state index contributed by atoms with van der Waals surface area (Å²) in [6.45, 7) is 3.01. The summed E-state index contributed by atoms with van der Waals surface area (Å²) in [4.78, 5) is 3.26. The Labute approximate surface area is 115 Å². The van der Waals surface area contributed by atoms with Crippen LogP contribution in [0.25, 0.3) is 0 Å². The predicted octanol–water partition coefficient (Wildman–Crippen LogP) is 1.82. The van der Waals surface area contributed by atoms with E-state index in [2.05, 4.69) is 11.9 Å². The summed E-state index contributed by atoms with van der Waals surface area (Å²) < 4.78 is 27.1. The van der Waals surface area contributed by atoms with Gasteiger partial charge in [0.15, 0.2) is 0 Å². The van der Waals surface area contributed by atoms with Gasteiger partial charge < -0.3 is 10.7 Å². The van der Waals surface area contributed by atoms with E-state index in [4.69, 9.17) is 5.73 Å². The van der Waals surface area contributed by atoms with Crippen molar-refractivity contribution in [3.05, 3.63) is 18.0 Å². The largest absolute Gasteiger partial charge is 0.363 e. The number of H-pyrrole nitrogens is 1. The normalized spacial score (nSPS) is 22.3. The molecule has 1 atom stereocenters. The second-order valence-electron chi connectivity index (χ2n) is 5.09. The number of hydrogen-bond donors (Lipinski definition) is 2. The highest BCUT2D eigenvalue weighted by Crippen LogP contribution is 2.26. The second-order valence-corrected chi connectivity index (χ2v) is 6.98. The molecule has 1 aliphatic rings. The maximum atomic E-state index is 12.7. The lowest BCUT2D eigenvalue weighted by molar-refractivity contribution is 0.315. The molecule has 0 saturated carbocycles. The third-order valence-corrected chi connectivity index (χ3v) is 5.77. The molecule has 1 aromatic heterocycles. The highest BCUT2D eigenvalue weighted by atomic mass is 32.2. The van der Waals surface area contributed by atoms with Gasteiger partial charge in [0.1, 0.15) is 0 Å². The first kappa shape index (κ1) is 14.6. The first-order chi connectivity index (χ1) is 9.09. The van der Waals surface area contributed by atoms with E-state index < -0.39 is 10.0 Å². The van der Waals surface area contributed by atoms with E-state index in [9.17, 15) is 8.42 Å². The molecule has 6 heteroatoms. The molecule has 0 spiro atoms. The Morgan fingerprint density at radius 3 is 2.84 bits per heavy atom. The van der Waals surface area contributed by atoms with Crippen molar-refractivity contribution >= 4 is 10.0 Å². The van der Waals surface area contributed by atoms with Crippen molar-refractivity contribution in [2.45, 2.75) is 56.5 Å². The van der Waals surface area contributed by atoms with Crippen LogP contribution < -0.4 is 5.73 Å². The number of nitrogens with two attached hydrogens (primary N) is 1. The van der Waals surface area contributed by atoms with Crippen molar-refractivity contribution in [1.82, 2.24) is 9.29 Å². The molecule has 19 heavy (non-hydrogen) atoms. The summed E-state index contributed by atoms with van der Waals surface area (Å²) in [5, 5.41) is 0. The van der Waals surface area contributed by atoms with Gasteiger partial charge >= 0.3 is 0 Å². The van der Waals surface area contributed by atoms with Crippen LogP contribution >= 0.6 is 0 Å². The van der Waals surface area contributed by atoms with Crippen molar-refractivity contribution in [3.8, 4) is 0 Å². The van der Waals surface area contributed by atoms with Gasteiger partial charge in [-0.05, 0) is 25.3 Å². The molecule has 1 fully saturated rings. The average Bonchev–Trinajstić information content (AvgIpc) is 2.76. The van der Waals surface area contributed by atoms with Gasteiger partial charge in [-0.15, -0.1) is 0 Å². The van der Waals surface area contributed by atoms with Crippen LogP contribution in [0.4, 0.5) is 0 Å². The SMILES string of the molecule is CCC1CCCCCN1S(=O)(=O)c1c[nH]c(CN)c1. The van der Waals surface area contributed by atoms with Crippen LogP contribution in [0.15, 0.2) is 17.2 Å². The quantitative estimate of drug-likeness (QED) is 0.885. The topological polar surface area (TPSA) is 79.2 Å². The molecule has 2 rings (SSSR count). The van der Waals surface area contributed by atoms with Gasteiger partial charge in [0.05, 0.1) is 4.90 Å². The lowest BCUT2D eigenvalue weighted by Gasteiger charge is -2.27. The second kappa shape index (κ2) is 6.07. The van der Waals surface area contributed by atoms with Crippen LogP contribution in [0, 0.1) is 0 Å². The molecular formula is C13H23N3O2S. The standard InChI is InChI=1S/C13H23N3O2S/c1-2-12-6-4-3-5-7-16(12)19(17,18)13-8-11(9-14)15-10-13/h8,10,12,15H,2-7,9,14H2,1H3. The molecule has 1 unspecified atom stereocenters. The van der Waals surface area contributed by atoms with Gasteiger partial charge in [-0.25, -0.2) is 8.42 Å². The van der Waals surface area contributed by atoms with Crippen molar-refractivity contribution in [2.24, 2.45) is 5.73 Å². The summed E-state index contributed by atoms with van der Waals surface area (Å²) in [7, 11) is -3.39. The smallest absolute Gasteiger partial charge is 0.244 e. The number of aromatic nitrogens is 1. The van der Waals surface area contributed by atoms with Gasteiger partial charge in [-0.1, -0.05) is 19.8 Å². The van der Waals surface area contributed by atoms with Gasteiger partial charge in [-0.2, -0.15) is 4.31 Å². The van der Waals surface area contributed by atoms with Gasteiger partial charge in [-0.3, -0.25) is 0 Å². The average molecular weight is 285 g/mol. The molecule has 0 aliphatic carbocycles. The Hall–Kier alpha value is -0.850. The molecular weight excluding hydrogens is 262 g/mol. The number of aromatic amines is 1. The van der Waals surface area contributed by atoms with Gasteiger partial charge in [0, 0.05) is 31.0 Å². The Morgan fingerprint density at radius 2 is 2.21 bits per heavy atom. The first-order valence-electron chi connectivity index (χ1n) is 6.98. The van der Waals surface area contributed by atoms with Crippen molar-refractivity contribution < 1.29 is 8.42 Å². The molecule has 108 valence electrons. The lowest BCUT2D eigenvalue weighted by Crippen LogP contribution is -2.39. The minimum atomic E-state index is -3.39. The molecule has 3 N–H and O–H groups in total. The summed E-state index contributed by atoms with van der Waals surface area (Å²) in [6, 6.07) is 1.77. The fraction of sp³-hybridized carbons (Fsp3) is 0.692. The lowest BCUT2D eigenvalue weighted by atomic mass is 10.1. The van der Waals surface area contributed by atoms with Crippen LogP contribution in [-0.2, 0) is 16.6 Å². The molecule has 1 saturated heterocycles. The number of nitrogens with zero attached hydrogens (tertiary/aromatic N) is 1. The van der Waals surface area contributed by atoms with E-state index in [0.29, 0.717) is 18.0 Å². The molecule has 0 radical (unpaired) electrons. The Balaban J connectivity index is 2.30. The number of sulfonamides is 1. The molecule has 0 bridgehead atoms. The Bertz CT molecular complexity index is 510. The molecule has 1 aliphatic heterocycles. The summed E-state index contributed by atoms with van der Waals surface area (Å²) in [6.07, 6.45) is 6.56. The molecule has 0 aromatic carbocycles. The van der Waals surface area contributed by atoms with Gasteiger partial charge in [0.2, 0.25) is 10.0 Å². The van der Waals surface area contributed by atoms with E-state index in [1.54, 1.807) is 16.6 Å². The molecule has 1 aromatic rings. The first-order valence-corrected chi connectivity index (χ1v) is 8.42. The predicted molar refractivity (Wildman–Crippen MR) is 75.1 cm³/mol. The molecule has 0 amide bonds. The maximum absolute atomic E-state index is 12.7. The number of rotatable bonds is 4. The van der Waals surface area contributed by atoms with Crippen molar-refractivity contribution in [2.75, 3.05) is 6.54 Å². The fourth-order valence-corrected chi connectivity index (χ4v) is 4.48. The van der Waals surface area contributed by atoms with E-state index in [1.165, 1.54) is 0 Å². The van der Waals surface area contributed by atoms with Crippen LogP contribution in [0.1, 0.15) is 44.7 Å². The van der Waals surface area contributed by atoms with E-state index in [-0.39, 0.29) is 6.04 Å². The highest BCUT2D eigenvalue weighted by Gasteiger charge is 2.31.